The fraction of sp³-hybridized carbons (Fsp3) is 0.125. The van der Waals surface area contributed by atoms with Gasteiger partial charge in [-0.15, -0.1) is 0 Å². The Kier molecular flexibility index (Phi) is 8.32. The molecule has 0 radical (unpaired) electrons. The van der Waals surface area contributed by atoms with Gasteiger partial charge in [0.25, 0.3) is 0 Å². The van der Waals surface area contributed by atoms with E-state index >= 15 is 0 Å². The van der Waals surface area contributed by atoms with Crippen LogP contribution in [-0.4, -0.2) is 22.2 Å². The van der Waals surface area contributed by atoms with Gasteiger partial charge >= 0.3 is 11.9 Å². The zero-order valence-electron chi connectivity index (χ0n) is 7.02. The molecule has 5 heteroatoms. The van der Waals surface area contributed by atoms with E-state index in [1.165, 1.54) is 0 Å². The van der Waals surface area contributed by atoms with E-state index in [1.807, 2.05) is 6.07 Å². The highest BCUT2D eigenvalue weighted by Crippen LogP contribution is 1.74. The lowest BCUT2D eigenvalue weighted by molar-refractivity contribution is -0.134. The summed E-state index contributed by atoms with van der Waals surface area (Å²) in [6, 6.07) is 1.83. The predicted molar refractivity (Wildman–Crippen MR) is 44.8 cm³/mol. The van der Waals surface area contributed by atoms with E-state index in [1.54, 1.807) is 6.92 Å². The van der Waals surface area contributed by atoms with Gasteiger partial charge in [0.2, 0.25) is 0 Å². The van der Waals surface area contributed by atoms with Crippen LogP contribution in [0.1, 0.15) is 6.92 Å². The highest BCUT2D eigenvalue weighted by Gasteiger charge is 1.88. The van der Waals surface area contributed by atoms with Crippen LogP contribution in [0.4, 0.5) is 0 Å². The van der Waals surface area contributed by atoms with E-state index < -0.39 is 11.9 Å². The van der Waals surface area contributed by atoms with Crippen molar-refractivity contribution in [3.05, 3.63) is 24.3 Å². The van der Waals surface area contributed by atoms with Crippen LogP contribution in [0, 0.1) is 11.3 Å². The fourth-order valence-electron chi connectivity index (χ4n) is 0.143. The smallest absolute Gasteiger partial charge is 0.328 e. The minimum absolute atomic E-state index is 0.558. The first-order valence-corrected chi connectivity index (χ1v) is 3.09. The summed E-state index contributed by atoms with van der Waals surface area (Å²) in [6.45, 7) is 4.98. The van der Waals surface area contributed by atoms with E-state index in [0.29, 0.717) is 17.7 Å². The average Bonchev–Trinajstić information content (AvgIpc) is 2.02. The number of nitrogens with zero attached hydrogens (tertiary/aromatic N) is 1. The van der Waals surface area contributed by atoms with Crippen molar-refractivity contribution in [2.75, 3.05) is 0 Å². The van der Waals surface area contributed by atoms with Crippen molar-refractivity contribution < 1.29 is 19.8 Å². The molecule has 0 aliphatic heterocycles. The Morgan fingerprint density at radius 1 is 1.31 bits per heavy atom. The van der Waals surface area contributed by atoms with Crippen LogP contribution in [0.25, 0.3) is 0 Å². The number of allylic oxidation sites excluding steroid dienone is 1. The van der Waals surface area contributed by atoms with Gasteiger partial charge in [-0.3, -0.25) is 0 Å². The Morgan fingerprint density at radius 3 is 1.62 bits per heavy atom. The minimum Gasteiger partial charge on any atom is -0.478 e. The Bertz CT molecular complexity index is 256. The molecular weight excluding hydrogens is 174 g/mol. The number of carboxylic acids is 2. The van der Waals surface area contributed by atoms with Crippen LogP contribution in [0.5, 0.6) is 0 Å². The van der Waals surface area contributed by atoms with Crippen molar-refractivity contribution >= 4 is 11.9 Å². The molecule has 70 valence electrons. The first kappa shape index (κ1) is 13.5. The average molecular weight is 183 g/mol. The first-order chi connectivity index (χ1) is 5.90. The number of carbonyl (C=O) groups is 2. The third kappa shape index (κ3) is 25.7. The van der Waals surface area contributed by atoms with Crippen molar-refractivity contribution in [2.45, 2.75) is 6.92 Å². The molecule has 0 spiro atoms. The molecule has 0 heterocycles. The van der Waals surface area contributed by atoms with Crippen LogP contribution in [0.15, 0.2) is 24.3 Å². The SMILES string of the molecule is C=C(C)C#N.O=C(O)/C=C\C(=O)O. The van der Waals surface area contributed by atoms with Crippen molar-refractivity contribution in [3.63, 3.8) is 0 Å². The van der Waals surface area contributed by atoms with E-state index in [4.69, 9.17) is 15.5 Å². The number of rotatable bonds is 2. The number of hydrogen-bond donors (Lipinski definition) is 2. The Balaban J connectivity index is 0. The number of nitriles is 1. The van der Waals surface area contributed by atoms with Gasteiger partial charge in [0.15, 0.2) is 0 Å². The van der Waals surface area contributed by atoms with Gasteiger partial charge in [-0.1, -0.05) is 6.58 Å². The molecule has 0 aliphatic carbocycles. The Hall–Kier alpha value is -2.09. The molecule has 0 bridgehead atoms. The van der Waals surface area contributed by atoms with Crippen LogP contribution in [0.2, 0.25) is 0 Å². The molecule has 13 heavy (non-hydrogen) atoms. The summed E-state index contributed by atoms with van der Waals surface area (Å²) in [7, 11) is 0. The molecule has 0 amide bonds. The lowest BCUT2D eigenvalue weighted by Crippen LogP contribution is -1.91. The predicted octanol–water partition coefficient (Wildman–Crippen LogP) is 0.798. The molecule has 0 fully saturated rings. The second-order valence-corrected chi connectivity index (χ2v) is 1.90. The summed E-state index contributed by atoms with van der Waals surface area (Å²) in [4.78, 5) is 19.1. The quantitative estimate of drug-likeness (QED) is 0.487. The van der Waals surface area contributed by atoms with E-state index in [9.17, 15) is 9.59 Å². The van der Waals surface area contributed by atoms with Gasteiger partial charge < -0.3 is 10.2 Å². The number of hydrogen-bond acceptors (Lipinski definition) is 3. The molecule has 0 aliphatic rings. The monoisotopic (exact) mass is 183 g/mol. The summed E-state index contributed by atoms with van der Waals surface area (Å²) in [5.41, 5.74) is 0.560. The van der Waals surface area contributed by atoms with Gasteiger partial charge in [0.05, 0.1) is 6.07 Å². The zero-order chi connectivity index (χ0) is 10.9. The van der Waals surface area contributed by atoms with E-state index in [-0.39, 0.29) is 0 Å². The zero-order valence-corrected chi connectivity index (χ0v) is 7.02. The molecule has 0 saturated carbocycles. The molecule has 0 rings (SSSR count). The molecule has 0 unspecified atom stereocenters. The number of aliphatic carboxylic acids is 2. The van der Waals surface area contributed by atoms with Crippen molar-refractivity contribution in [2.24, 2.45) is 0 Å². The third-order valence-corrected chi connectivity index (χ3v) is 0.559. The number of carboxylic acid groups (broad SMARTS) is 2. The second-order valence-electron chi connectivity index (χ2n) is 1.90. The molecule has 0 aromatic rings. The summed E-state index contributed by atoms with van der Waals surface area (Å²) < 4.78 is 0. The lowest BCUT2D eigenvalue weighted by atomic mass is 10.4. The molecule has 0 aromatic carbocycles. The van der Waals surface area contributed by atoms with E-state index in [2.05, 4.69) is 6.58 Å². The summed E-state index contributed by atoms with van der Waals surface area (Å²) in [6.07, 6.45) is 1.12. The van der Waals surface area contributed by atoms with E-state index in [0.717, 1.165) is 0 Å². The standard InChI is InChI=1S/C4H5N.C4H4O4/c1-4(2)3-5;5-3(6)1-2-4(7)8/h1H2,2H3;1-2H,(H,5,6)(H,7,8)/b;2-1-. The van der Waals surface area contributed by atoms with Gasteiger partial charge in [-0.05, 0) is 6.92 Å². The highest BCUT2D eigenvalue weighted by molar-refractivity contribution is 5.89. The third-order valence-electron chi connectivity index (χ3n) is 0.559. The molecule has 0 atom stereocenters. The topological polar surface area (TPSA) is 98.4 Å². The largest absolute Gasteiger partial charge is 0.478 e. The molecule has 0 saturated heterocycles. The van der Waals surface area contributed by atoms with Crippen LogP contribution in [-0.2, 0) is 9.59 Å². The van der Waals surface area contributed by atoms with Crippen LogP contribution in [0.3, 0.4) is 0 Å². The maximum Gasteiger partial charge on any atom is 0.328 e. The first-order valence-electron chi connectivity index (χ1n) is 3.09. The highest BCUT2D eigenvalue weighted by atomic mass is 16.4. The maximum absolute atomic E-state index is 9.55. The lowest BCUT2D eigenvalue weighted by Gasteiger charge is -1.74. The van der Waals surface area contributed by atoms with Crippen molar-refractivity contribution in [1.29, 1.82) is 5.26 Å². The summed E-state index contributed by atoms with van der Waals surface area (Å²) in [5, 5.41) is 23.4. The van der Waals surface area contributed by atoms with Gasteiger partial charge in [0, 0.05) is 17.7 Å². The van der Waals surface area contributed by atoms with Gasteiger partial charge in [-0.25, -0.2) is 9.59 Å². The van der Waals surface area contributed by atoms with Crippen LogP contribution >= 0.6 is 0 Å². The van der Waals surface area contributed by atoms with Gasteiger partial charge in [-0.2, -0.15) is 5.26 Å². The minimum atomic E-state index is -1.26. The Labute approximate surface area is 75.2 Å². The van der Waals surface area contributed by atoms with Crippen molar-refractivity contribution in [1.82, 2.24) is 0 Å². The molecular formula is C8H9NO4. The van der Waals surface area contributed by atoms with Crippen LogP contribution < -0.4 is 0 Å². The molecule has 0 aromatic heterocycles. The fourth-order valence-corrected chi connectivity index (χ4v) is 0.143. The Morgan fingerprint density at radius 2 is 1.54 bits per heavy atom. The van der Waals surface area contributed by atoms with Crippen molar-refractivity contribution in [3.8, 4) is 6.07 Å². The second kappa shape index (κ2) is 8.01. The summed E-state index contributed by atoms with van der Waals surface area (Å²) in [5.74, 6) is -2.51. The summed E-state index contributed by atoms with van der Waals surface area (Å²) >= 11 is 0. The maximum atomic E-state index is 9.55. The van der Waals surface area contributed by atoms with Gasteiger partial charge in [0.1, 0.15) is 0 Å². The molecule has 2 N–H and O–H groups in total. The normalized spacial score (nSPS) is 8.00. The molecule has 5 nitrogen and oxygen atoms in total.